The fourth-order valence-corrected chi connectivity index (χ4v) is 2.20. The lowest BCUT2D eigenvalue weighted by atomic mass is 9.98. The molecule has 1 N–H and O–H groups in total. The van der Waals surface area contributed by atoms with Crippen molar-refractivity contribution >= 4 is 12.2 Å². The zero-order valence-electron chi connectivity index (χ0n) is 15.6. The normalized spacial score (nSPS) is 12.0. The number of aromatic amines is 1. The van der Waals surface area contributed by atoms with Crippen molar-refractivity contribution in [1.29, 1.82) is 0 Å². The first kappa shape index (κ1) is 18.8. The van der Waals surface area contributed by atoms with E-state index in [0.29, 0.717) is 0 Å². The van der Waals surface area contributed by atoms with Gasteiger partial charge in [0.1, 0.15) is 0 Å². The van der Waals surface area contributed by atoms with Crippen LogP contribution in [0.1, 0.15) is 37.7 Å². The molecular weight excluding hydrogens is 306 g/mol. The maximum Gasteiger partial charge on any atom is 0.0852 e. The van der Waals surface area contributed by atoms with Crippen LogP contribution in [-0.4, -0.2) is 28.7 Å². The van der Waals surface area contributed by atoms with Gasteiger partial charge in [0.2, 0.25) is 0 Å². The molecular formula is C22H27N3. The zero-order valence-corrected chi connectivity index (χ0v) is 15.6. The molecule has 0 saturated carbocycles. The van der Waals surface area contributed by atoms with Gasteiger partial charge in [-0.15, -0.1) is 0 Å². The summed E-state index contributed by atoms with van der Waals surface area (Å²) >= 11 is 0. The minimum atomic E-state index is 0.0514. The summed E-state index contributed by atoms with van der Waals surface area (Å²) in [6.07, 6.45) is 8.12. The molecule has 0 unspecified atom stereocenters. The van der Waals surface area contributed by atoms with Crippen LogP contribution in [0.5, 0.6) is 0 Å². The maximum atomic E-state index is 4.34. The van der Waals surface area contributed by atoms with Crippen LogP contribution in [0, 0.1) is 17.3 Å². The first-order valence-corrected chi connectivity index (χ1v) is 8.56. The van der Waals surface area contributed by atoms with E-state index in [-0.39, 0.29) is 5.41 Å². The molecule has 0 fully saturated rings. The largest absolute Gasteiger partial charge is 0.297 e. The van der Waals surface area contributed by atoms with Crippen LogP contribution < -0.4 is 0 Å². The summed E-state index contributed by atoms with van der Waals surface area (Å²) in [5.74, 6) is 6.29. The molecule has 3 nitrogen and oxygen atoms in total. The molecule has 25 heavy (non-hydrogen) atoms. The van der Waals surface area contributed by atoms with Gasteiger partial charge in [-0.1, -0.05) is 54.3 Å². The molecule has 1 aromatic carbocycles. The van der Waals surface area contributed by atoms with Crippen LogP contribution in [0.4, 0.5) is 0 Å². The monoisotopic (exact) mass is 333 g/mol. The van der Waals surface area contributed by atoms with Crippen LogP contribution in [0.25, 0.3) is 12.2 Å². The maximum absolute atomic E-state index is 4.34. The number of hydrogen-bond donors (Lipinski definition) is 1. The number of H-pyrrole nitrogens is 1. The van der Waals surface area contributed by atoms with Gasteiger partial charge in [0.05, 0.1) is 5.69 Å². The van der Waals surface area contributed by atoms with E-state index >= 15 is 0 Å². The number of hydrogen-bond acceptors (Lipinski definition) is 2. The molecule has 0 aliphatic carbocycles. The van der Waals surface area contributed by atoms with E-state index in [1.165, 1.54) is 5.56 Å². The Labute approximate surface area is 151 Å². The molecule has 3 heteroatoms. The number of nitrogens with zero attached hydrogens (tertiary/aromatic N) is 2. The lowest BCUT2D eigenvalue weighted by Crippen LogP contribution is -2.17. The van der Waals surface area contributed by atoms with E-state index in [1.54, 1.807) is 0 Å². The fourth-order valence-electron chi connectivity index (χ4n) is 2.20. The Bertz CT molecular complexity index is 765. The van der Waals surface area contributed by atoms with Gasteiger partial charge in [0, 0.05) is 24.2 Å². The quantitative estimate of drug-likeness (QED) is 0.782. The summed E-state index contributed by atoms with van der Waals surface area (Å²) in [7, 11) is 2.09. The van der Waals surface area contributed by atoms with E-state index < -0.39 is 0 Å². The molecule has 0 amide bonds. The number of benzene rings is 1. The molecule has 0 bridgehead atoms. The van der Waals surface area contributed by atoms with Crippen LogP contribution in [0.3, 0.4) is 0 Å². The van der Waals surface area contributed by atoms with Gasteiger partial charge >= 0.3 is 0 Å². The summed E-state index contributed by atoms with van der Waals surface area (Å²) in [4.78, 5) is 2.22. The molecule has 1 heterocycles. The third kappa shape index (κ3) is 7.69. The van der Waals surface area contributed by atoms with Crippen molar-refractivity contribution in [2.45, 2.75) is 27.3 Å². The van der Waals surface area contributed by atoms with Gasteiger partial charge in [0.25, 0.3) is 0 Å². The van der Waals surface area contributed by atoms with Crippen molar-refractivity contribution < 1.29 is 0 Å². The van der Waals surface area contributed by atoms with Crippen molar-refractivity contribution in [2.75, 3.05) is 13.6 Å². The number of rotatable bonds is 6. The summed E-state index contributed by atoms with van der Waals surface area (Å²) in [6.45, 7) is 8.02. The van der Waals surface area contributed by atoms with E-state index in [0.717, 1.165) is 24.5 Å². The second kappa shape index (κ2) is 9.05. The average Bonchev–Trinajstić information content (AvgIpc) is 3.00. The lowest BCUT2D eigenvalue weighted by Gasteiger charge is -2.12. The predicted octanol–water partition coefficient (Wildman–Crippen LogP) is 4.62. The topological polar surface area (TPSA) is 31.9 Å². The van der Waals surface area contributed by atoms with Crippen molar-refractivity contribution in [2.24, 2.45) is 5.41 Å². The second-order valence-electron chi connectivity index (χ2n) is 7.18. The smallest absolute Gasteiger partial charge is 0.0852 e. The molecule has 0 spiro atoms. The van der Waals surface area contributed by atoms with Crippen molar-refractivity contribution in [3.8, 4) is 11.8 Å². The zero-order chi connectivity index (χ0) is 18.1. The first-order chi connectivity index (χ1) is 11.9. The molecule has 0 atom stereocenters. The Hall–Kier alpha value is -2.57. The summed E-state index contributed by atoms with van der Waals surface area (Å²) < 4.78 is 0. The van der Waals surface area contributed by atoms with E-state index in [2.05, 4.69) is 85.1 Å². The molecule has 0 saturated heterocycles. The van der Waals surface area contributed by atoms with E-state index in [9.17, 15) is 0 Å². The van der Waals surface area contributed by atoms with Gasteiger partial charge in [-0.2, -0.15) is 5.10 Å². The van der Waals surface area contributed by atoms with Crippen molar-refractivity contribution in [3.63, 3.8) is 0 Å². The number of likely N-dealkylation sites (N-methyl/N-ethyl adjacent to an activating group) is 1. The standard InChI is InChI=1S/C22H27N3/c1-22(2,3)15-9-6-10-16-25(4)18-21-17-20(23-24-21)14-13-19-11-7-5-8-12-19/h5-8,10-14,17H,16,18H2,1-4H3,(H,23,24)/b10-6+,14-13+. The third-order valence-corrected chi connectivity index (χ3v) is 3.40. The van der Waals surface area contributed by atoms with Crippen LogP contribution >= 0.6 is 0 Å². The molecule has 0 aliphatic heterocycles. The molecule has 0 radical (unpaired) electrons. The van der Waals surface area contributed by atoms with Gasteiger partial charge in [-0.25, -0.2) is 0 Å². The van der Waals surface area contributed by atoms with Crippen LogP contribution in [0.2, 0.25) is 0 Å². The Morgan fingerprint density at radius 2 is 1.92 bits per heavy atom. The molecule has 0 aliphatic rings. The minimum absolute atomic E-state index is 0.0514. The Morgan fingerprint density at radius 1 is 1.16 bits per heavy atom. The highest BCUT2D eigenvalue weighted by atomic mass is 15.2. The second-order valence-corrected chi connectivity index (χ2v) is 7.18. The SMILES string of the molecule is CN(C/C=C/C#CC(C)(C)C)Cc1cc(/C=C/c2ccccc2)n[nH]1. The molecule has 2 aromatic rings. The minimum Gasteiger partial charge on any atom is -0.297 e. The highest BCUT2D eigenvalue weighted by Crippen LogP contribution is 2.10. The van der Waals surface area contributed by atoms with Gasteiger partial charge < -0.3 is 0 Å². The van der Waals surface area contributed by atoms with Crippen LogP contribution in [0.15, 0.2) is 48.6 Å². The van der Waals surface area contributed by atoms with Crippen molar-refractivity contribution in [3.05, 3.63) is 65.5 Å². The van der Waals surface area contributed by atoms with Gasteiger partial charge in [-0.3, -0.25) is 10.00 Å². The first-order valence-electron chi connectivity index (χ1n) is 8.56. The number of aromatic nitrogens is 2. The van der Waals surface area contributed by atoms with E-state index in [4.69, 9.17) is 0 Å². The summed E-state index contributed by atoms with van der Waals surface area (Å²) in [6, 6.07) is 12.3. The van der Waals surface area contributed by atoms with Gasteiger partial charge in [-0.05, 0) is 51.6 Å². The predicted molar refractivity (Wildman–Crippen MR) is 107 cm³/mol. The van der Waals surface area contributed by atoms with Crippen LogP contribution in [-0.2, 0) is 6.54 Å². The highest BCUT2D eigenvalue weighted by Gasteiger charge is 2.03. The fraction of sp³-hybridized carbons (Fsp3) is 0.318. The molecule has 1 aromatic heterocycles. The number of nitrogens with one attached hydrogen (secondary N) is 1. The van der Waals surface area contributed by atoms with E-state index in [1.807, 2.05) is 30.4 Å². The Morgan fingerprint density at radius 3 is 2.64 bits per heavy atom. The highest BCUT2D eigenvalue weighted by molar-refractivity contribution is 5.67. The third-order valence-electron chi connectivity index (χ3n) is 3.40. The Kier molecular flexibility index (Phi) is 6.80. The average molecular weight is 333 g/mol. The lowest BCUT2D eigenvalue weighted by molar-refractivity contribution is 0.358. The molecule has 130 valence electrons. The summed E-state index contributed by atoms with van der Waals surface area (Å²) in [5, 5.41) is 7.44. The summed E-state index contributed by atoms with van der Waals surface area (Å²) in [5.41, 5.74) is 3.27. The number of allylic oxidation sites excluding steroid dienone is 1. The Balaban J connectivity index is 1.83. The van der Waals surface area contributed by atoms with Crippen molar-refractivity contribution in [1.82, 2.24) is 15.1 Å². The van der Waals surface area contributed by atoms with Gasteiger partial charge in [0.15, 0.2) is 0 Å². The molecule has 2 rings (SSSR count).